The van der Waals surface area contributed by atoms with Crippen molar-refractivity contribution in [3.05, 3.63) is 40.6 Å². The van der Waals surface area contributed by atoms with Gasteiger partial charge in [0.1, 0.15) is 0 Å². The smallest absolute Gasteiger partial charge is 0.0565 e. The summed E-state index contributed by atoms with van der Waals surface area (Å²) in [5, 5.41) is 6.72. The maximum atomic E-state index is 3.92. The van der Waals surface area contributed by atoms with E-state index in [0.717, 1.165) is 10.0 Å². The molecule has 1 aromatic heterocycles. The summed E-state index contributed by atoms with van der Waals surface area (Å²) in [7, 11) is 0. The number of nitrogens with one attached hydrogen (secondary N) is 1. The number of benzene rings is 1. The van der Waals surface area contributed by atoms with Gasteiger partial charge in [-0.2, -0.15) is 5.10 Å². The van der Waals surface area contributed by atoms with Crippen molar-refractivity contribution in [3.8, 4) is 11.1 Å². The standard InChI is InChI=1S/C10H9BrN2/c1-7-2-8(4-10(11)3-7)9-5-12-13-6-9/h2-6H,1H3,(H,12,13). The van der Waals surface area contributed by atoms with Crippen LogP contribution in [0.3, 0.4) is 0 Å². The van der Waals surface area contributed by atoms with Crippen molar-refractivity contribution in [2.24, 2.45) is 0 Å². The van der Waals surface area contributed by atoms with Crippen LogP contribution in [-0.4, -0.2) is 10.2 Å². The molecule has 2 aromatic rings. The molecule has 1 aromatic carbocycles. The number of aryl methyl sites for hydroxylation is 1. The Labute approximate surface area is 85.1 Å². The van der Waals surface area contributed by atoms with E-state index in [1.54, 1.807) is 0 Å². The summed E-state index contributed by atoms with van der Waals surface area (Å²) in [5.41, 5.74) is 3.54. The Balaban J connectivity index is 2.53. The van der Waals surface area contributed by atoms with Gasteiger partial charge in [0.15, 0.2) is 0 Å². The van der Waals surface area contributed by atoms with Gasteiger partial charge in [0.25, 0.3) is 0 Å². The van der Waals surface area contributed by atoms with Crippen LogP contribution in [0.5, 0.6) is 0 Å². The SMILES string of the molecule is Cc1cc(Br)cc(-c2cn[nH]c2)c1. The second-order valence-corrected chi connectivity index (χ2v) is 3.92. The molecule has 0 aliphatic rings. The normalized spacial score (nSPS) is 10.3. The third kappa shape index (κ3) is 1.80. The minimum absolute atomic E-state index is 1.10. The number of aromatic nitrogens is 2. The van der Waals surface area contributed by atoms with Crippen molar-refractivity contribution in [2.75, 3.05) is 0 Å². The molecule has 0 saturated carbocycles. The Morgan fingerprint density at radius 3 is 2.69 bits per heavy atom. The molecule has 0 atom stereocenters. The van der Waals surface area contributed by atoms with E-state index in [1.165, 1.54) is 11.1 Å². The summed E-state index contributed by atoms with van der Waals surface area (Å²) in [6, 6.07) is 6.30. The zero-order valence-corrected chi connectivity index (χ0v) is 8.80. The molecular formula is C10H9BrN2. The molecule has 0 bridgehead atoms. The van der Waals surface area contributed by atoms with Crippen LogP contribution in [-0.2, 0) is 0 Å². The lowest BCUT2D eigenvalue weighted by Gasteiger charge is -2.00. The predicted molar refractivity (Wildman–Crippen MR) is 56.5 cm³/mol. The highest BCUT2D eigenvalue weighted by molar-refractivity contribution is 9.10. The first-order chi connectivity index (χ1) is 6.25. The molecule has 2 nitrogen and oxygen atoms in total. The molecule has 1 N–H and O–H groups in total. The van der Waals surface area contributed by atoms with Gasteiger partial charge in [-0.15, -0.1) is 0 Å². The van der Waals surface area contributed by atoms with Crippen LogP contribution in [0.4, 0.5) is 0 Å². The molecule has 13 heavy (non-hydrogen) atoms. The third-order valence-corrected chi connectivity index (χ3v) is 2.33. The average molecular weight is 237 g/mol. The van der Waals surface area contributed by atoms with E-state index in [2.05, 4.69) is 51.3 Å². The number of aromatic amines is 1. The van der Waals surface area contributed by atoms with E-state index in [-0.39, 0.29) is 0 Å². The number of hydrogen-bond acceptors (Lipinski definition) is 1. The van der Waals surface area contributed by atoms with Crippen LogP contribution in [0.15, 0.2) is 35.1 Å². The van der Waals surface area contributed by atoms with Crippen molar-refractivity contribution < 1.29 is 0 Å². The van der Waals surface area contributed by atoms with Gasteiger partial charge in [-0.05, 0) is 30.2 Å². The van der Waals surface area contributed by atoms with Crippen LogP contribution in [0.1, 0.15) is 5.56 Å². The van der Waals surface area contributed by atoms with Crippen molar-refractivity contribution in [1.29, 1.82) is 0 Å². The second-order valence-electron chi connectivity index (χ2n) is 3.00. The van der Waals surface area contributed by atoms with Crippen molar-refractivity contribution in [2.45, 2.75) is 6.92 Å². The summed E-state index contributed by atoms with van der Waals surface area (Å²) >= 11 is 3.47. The van der Waals surface area contributed by atoms with E-state index in [4.69, 9.17) is 0 Å². The van der Waals surface area contributed by atoms with Crippen LogP contribution >= 0.6 is 15.9 Å². The Kier molecular flexibility index (Phi) is 2.19. The predicted octanol–water partition coefficient (Wildman–Crippen LogP) is 3.15. The van der Waals surface area contributed by atoms with E-state index >= 15 is 0 Å². The van der Waals surface area contributed by atoms with Crippen molar-refractivity contribution in [3.63, 3.8) is 0 Å². The quantitative estimate of drug-likeness (QED) is 0.810. The zero-order valence-electron chi connectivity index (χ0n) is 7.21. The number of hydrogen-bond donors (Lipinski definition) is 1. The Hall–Kier alpha value is -1.09. The molecule has 3 heteroatoms. The molecule has 0 radical (unpaired) electrons. The first-order valence-electron chi connectivity index (χ1n) is 4.02. The molecular weight excluding hydrogens is 228 g/mol. The summed E-state index contributed by atoms with van der Waals surface area (Å²) in [6.45, 7) is 2.08. The minimum Gasteiger partial charge on any atom is -0.285 e. The van der Waals surface area contributed by atoms with Crippen LogP contribution in [0, 0.1) is 6.92 Å². The maximum Gasteiger partial charge on any atom is 0.0565 e. The van der Waals surface area contributed by atoms with Gasteiger partial charge < -0.3 is 0 Å². The van der Waals surface area contributed by atoms with E-state index in [0.29, 0.717) is 0 Å². The summed E-state index contributed by atoms with van der Waals surface area (Å²) in [5.74, 6) is 0. The fourth-order valence-corrected chi connectivity index (χ4v) is 1.92. The molecule has 1 heterocycles. The molecule has 0 spiro atoms. The lowest BCUT2D eigenvalue weighted by atomic mass is 10.1. The topological polar surface area (TPSA) is 28.7 Å². The highest BCUT2D eigenvalue weighted by Crippen LogP contribution is 2.23. The molecule has 0 aliphatic heterocycles. The average Bonchev–Trinajstić information content (AvgIpc) is 2.53. The molecule has 0 amide bonds. The maximum absolute atomic E-state index is 3.92. The third-order valence-electron chi connectivity index (χ3n) is 1.87. The molecule has 0 unspecified atom stereocenters. The Morgan fingerprint density at radius 2 is 2.08 bits per heavy atom. The van der Waals surface area contributed by atoms with Gasteiger partial charge in [0.05, 0.1) is 6.20 Å². The lowest BCUT2D eigenvalue weighted by Crippen LogP contribution is -1.77. The molecule has 2 rings (SSSR count). The van der Waals surface area contributed by atoms with Crippen LogP contribution in [0.2, 0.25) is 0 Å². The first-order valence-corrected chi connectivity index (χ1v) is 4.81. The number of rotatable bonds is 1. The first kappa shape index (κ1) is 8.51. The second kappa shape index (κ2) is 3.34. The molecule has 0 fully saturated rings. The van der Waals surface area contributed by atoms with Crippen molar-refractivity contribution >= 4 is 15.9 Å². The fourth-order valence-electron chi connectivity index (χ4n) is 1.31. The van der Waals surface area contributed by atoms with E-state index in [9.17, 15) is 0 Å². The van der Waals surface area contributed by atoms with Crippen LogP contribution < -0.4 is 0 Å². The monoisotopic (exact) mass is 236 g/mol. The highest BCUT2D eigenvalue weighted by atomic mass is 79.9. The molecule has 0 aliphatic carbocycles. The minimum atomic E-state index is 1.10. The Morgan fingerprint density at radius 1 is 1.23 bits per heavy atom. The van der Waals surface area contributed by atoms with Gasteiger partial charge in [-0.1, -0.05) is 22.0 Å². The van der Waals surface area contributed by atoms with Gasteiger partial charge in [-0.25, -0.2) is 0 Å². The number of halogens is 1. The summed E-state index contributed by atoms with van der Waals surface area (Å²) in [6.07, 6.45) is 3.71. The molecule has 66 valence electrons. The van der Waals surface area contributed by atoms with Gasteiger partial charge in [0.2, 0.25) is 0 Å². The fraction of sp³-hybridized carbons (Fsp3) is 0.100. The molecule has 0 saturated heterocycles. The summed E-state index contributed by atoms with van der Waals surface area (Å²) < 4.78 is 1.10. The van der Waals surface area contributed by atoms with E-state index in [1.807, 2.05) is 12.4 Å². The summed E-state index contributed by atoms with van der Waals surface area (Å²) in [4.78, 5) is 0. The number of H-pyrrole nitrogens is 1. The van der Waals surface area contributed by atoms with Crippen LogP contribution in [0.25, 0.3) is 11.1 Å². The lowest BCUT2D eigenvalue weighted by molar-refractivity contribution is 1.09. The van der Waals surface area contributed by atoms with Gasteiger partial charge in [-0.3, -0.25) is 5.10 Å². The highest BCUT2D eigenvalue weighted by Gasteiger charge is 2.00. The largest absolute Gasteiger partial charge is 0.285 e. The van der Waals surface area contributed by atoms with Gasteiger partial charge >= 0.3 is 0 Å². The zero-order chi connectivity index (χ0) is 9.26. The van der Waals surface area contributed by atoms with E-state index < -0.39 is 0 Å². The Bertz CT molecular complexity index is 387. The number of nitrogens with zero attached hydrogens (tertiary/aromatic N) is 1. The van der Waals surface area contributed by atoms with Gasteiger partial charge in [0, 0.05) is 16.2 Å². The van der Waals surface area contributed by atoms with Crippen molar-refractivity contribution in [1.82, 2.24) is 10.2 Å².